The van der Waals surface area contributed by atoms with Gasteiger partial charge < -0.3 is 9.84 Å². The van der Waals surface area contributed by atoms with Gasteiger partial charge in [0.15, 0.2) is 0 Å². The van der Waals surface area contributed by atoms with Crippen molar-refractivity contribution < 1.29 is 14.6 Å². The summed E-state index contributed by atoms with van der Waals surface area (Å²) < 4.78 is 4.58. The zero-order valence-corrected chi connectivity index (χ0v) is 10.9. The van der Waals surface area contributed by atoms with Gasteiger partial charge in [0, 0.05) is 6.42 Å². The van der Waals surface area contributed by atoms with Crippen LogP contribution in [0.15, 0.2) is 18.2 Å². The molecule has 0 aliphatic carbocycles. The smallest absolute Gasteiger partial charge is 0.305 e. The van der Waals surface area contributed by atoms with Gasteiger partial charge in [-0.2, -0.15) is 0 Å². The van der Waals surface area contributed by atoms with Crippen LogP contribution in [-0.2, 0) is 21.4 Å². The van der Waals surface area contributed by atoms with E-state index in [9.17, 15) is 9.90 Å². The lowest BCUT2D eigenvalue weighted by Gasteiger charge is -2.20. The Morgan fingerprint density at radius 1 is 1.35 bits per heavy atom. The van der Waals surface area contributed by atoms with E-state index in [0.29, 0.717) is 18.6 Å². The fraction of sp³-hybridized carbons (Fsp3) is 0.500. The van der Waals surface area contributed by atoms with Crippen molar-refractivity contribution in [1.82, 2.24) is 0 Å². The second kappa shape index (κ2) is 5.21. The molecular weight excluding hydrogens is 216 g/mol. The number of methoxy groups -OCH3 is 1. The molecule has 0 aliphatic rings. The molecule has 0 spiro atoms. The molecule has 1 N–H and O–H groups in total. The number of benzene rings is 1. The molecule has 94 valence electrons. The first-order valence-corrected chi connectivity index (χ1v) is 5.74. The molecule has 1 rings (SSSR count). The van der Waals surface area contributed by atoms with Crippen molar-refractivity contribution in [2.45, 2.75) is 39.0 Å². The van der Waals surface area contributed by atoms with Crippen molar-refractivity contribution >= 4 is 5.97 Å². The maximum absolute atomic E-state index is 11.0. The van der Waals surface area contributed by atoms with E-state index in [0.717, 1.165) is 11.1 Å². The Morgan fingerprint density at radius 3 is 2.47 bits per heavy atom. The van der Waals surface area contributed by atoms with E-state index in [1.165, 1.54) is 7.11 Å². The van der Waals surface area contributed by atoms with Gasteiger partial charge in [0.1, 0.15) is 5.75 Å². The van der Waals surface area contributed by atoms with Crippen LogP contribution in [-0.4, -0.2) is 18.2 Å². The Kier molecular flexibility index (Phi) is 4.16. The van der Waals surface area contributed by atoms with Crippen molar-refractivity contribution in [3.05, 3.63) is 29.3 Å². The normalized spacial score (nSPS) is 11.3. The Labute approximate surface area is 102 Å². The molecule has 1 aromatic carbocycles. The summed E-state index contributed by atoms with van der Waals surface area (Å²) in [6.07, 6.45) is 0.926. The van der Waals surface area contributed by atoms with Gasteiger partial charge in [-0.05, 0) is 29.0 Å². The van der Waals surface area contributed by atoms with E-state index >= 15 is 0 Å². The second-order valence-corrected chi connectivity index (χ2v) is 5.18. The van der Waals surface area contributed by atoms with E-state index in [-0.39, 0.29) is 11.4 Å². The molecule has 0 unspecified atom stereocenters. The average molecular weight is 236 g/mol. The van der Waals surface area contributed by atoms with E-state index in [2.05, 4.69) is 25.5 Å². The fourth-order valence-electron chi connectivity index (χ4n) is 1.72. The van der Waals surface area contributed by atoms with Crippen LogP contribution in [0, 0.1) is 0 Å². The standard InChI is InChI=1S/C14H20O3/c1-14(2,3)11-7-5-10(9-12(11)15)6-8-13(16)17-4/h5,7,9,15H,6,8H2,1-4H3. The molecule has 1 aromatic rings. The molecule has 0 atom stereocenters. The topological polar surface area (TPSA) is 46.5 Å². The Bertz CT molecular complexity index is 402. The molecule has 0 aromatic heterocycles. The highest BCUT2D eigenvalue weighted by Gasteiger charge is 2.17. The molecule has 0 heterocycles. The van der Waals surface area contributed by atoms with Gasteiger partial charge in [-0.15, -0.1) is 0 Å². The molecule has 0 bridgehead atoms. The van der Waals surface area contributed by atoms with E-state index in [1.54, 1.807) is 6.07 Å². The monoisotopic (exact) mass is 236 g/mol. The SMILES string of the molecule is COC(=O)CCc1ccc(C(C)(C)C)c(O)c1. The summed E-state index contributed by atoms with van der Waals surface area (Å²) in [5.41, 5.74) is 1.78. The first-order chi connectivity index (χ1) is 7.84. The van der Waals surface area contributed by atoms with Gasteiger partial charge in [-0.1, -0.05) is 32.9 Å². The van der Waals surface area contributed by atoms with Gasteiger partial charge in [0.2, 0.25) is 0 Å². The van der Waals surface area contributed by atoms with Crippen LogP contribution >= 0.6 is 0 Å². The second-order valence-electron chi connectivity index (χ2n) is 5.18. The van der Waals surface area contributed by atoms with Crippen molar-refractivity contribution in [3.8, 4) is 5.75 Å². The number of ether oxygens (including phenoxy) is 1. The number of phenols is 1. The highest BCUT2D eigenvalue weighted by molar-refractivity contribution is 5.69. The molecule has 0 amide bonds. The third kappa shape index (κ3) is 3.77. The molecule has 17 heavy (non-hydrogen) atoms. The lowest BCUT2D eigenvalue weighted by atomic mass is 9.85. The van der Waals surface area contributed by atoms with Crippen LogP contribution in [0.1, 0.15) is 38.3 Å². The van der Waals surface area contributed by atoms with Crippen LogP contribution in [0.4, 0.5) is 0 Å². The summed E-state index contributed by atoms with van der Waals surface area (Å²) in [5, 5.41) is 9.93. The summed E-state index contributed by atoms with van der Waals surface area (Å²) in [6, 6.07) is 5.59. The predicted octanol–water partition coefficient (Wildman–Crippen LogP) is 2.80. The van der Waals surface area contributed by atoms with Gasteiger partial charge in [-0.25, -0.2) is 0 Å². The minimum atomic E-state index is -0.232. The van der Waals surface area contributed by atoms with Crippen LogP contribution < -0.4 is 0 Å². The number of esters is 1. The molecule has 0 fully saturated rings. The van der Waals surface area contributed by atoms with E-state index in [1.807, 2.05) is 12.1 Å². The first kappa shape index (κ1) is 13.6. The molecule has 3 heteroatoms. The van der Waals surface area contributed by atoms with Crippen LogP contribution in [0.2, 0.25) is 0 Å². The molecule has 3 nitrogen and oxygen atoms in total. The quantitative estimate of drug-likeness (QED) is 0.821. The van der Waals surface area contributed by atoms with Gasteiger partial charge in [0.05, 0.1) is 7.11 Å². The average Bonchev–Trinajstić information content (AvgIpc) is 2.24. The van der Waals surface area contributed by atoms with Gasteiger partial charge in [0.25, 0.3) is 0 Å². The fourth-order valence-corrected chi connectivity index (χ4v) is 1.72. The third-order valence-corrected chi connectivity index (χ3v) is 2.72. The van der Waals surface area contributed by atoms with Crippen LogP contribution in [0.5, 0.6) is 5.75 Å². The van der Waals surface area contributed by atoms with Gasteiger partial charge >= 0.3 is 5.97 Å². The maximum atomic E-state index is 11.0. The van der Waals surface area contributed by atoms with Crippen LogP contribution in [0.3, 0.4) is 0 Å². The number of carbonyl (C=O) groups excluding carboxylic acids is 1. The molecular formula is C14H20O3. The minimum Gasteiger partial charge on any atom is -0.508 e. The number of carbonyl (C=O) groups is 1. The number of phenolic OH excluding ortho intramolecular Hbond substituents is 1. The zero-order valence-electron chi connectivity index (χ0n) is 10.9. The summed E-state index contributed by atoms with van der Waals surface area (Å²) in [4.78, 5) is 11.0. The van der Waals surface area contributed by atoms with Crippen molar-refractivity contribution in [2.75, 3.05) is 7.11 Å². The van der Waals surface area contributed by atoms with E-state index in [4.69, 9.17) is 0 Å². The maximum Gasteiger partial charge on any atom is 0.305 e. The number of aromatic hydroxyl groups is 1. The molecule has 0 saturated heterocycles. The number of hydrogen-bond donors (Lipinski definition) is 1. The lowest BCUT2D eigenvalue weighted by Crippen LogP contribution is -2.11. The largest absolute Gasteiger partial charge is 0.508 e. The molecule has 0 radical (unpaired) electrons. The predicted molar refractivity (Wildman–Crippen MR) is 67.1 cm³/mol. The number of aryl methyl sites for hydroxylation is 1. The first-order valence-electron chi connectivity index (χ1n) is 5.74. The lowest BCUT2D eigenvalue weighted by molar-refractivity contribution is -0.140. The van der Waals surface area contributed by atoms with E-state index < -0.39 is 0 Å². The Morgan fingerprint density at radius 2 is 2.00 bits per heavy atom. The van der Waals surface area contributed by atoms with Crippen LogP contribution in [0.25, 0.3) is 0 Å². The Hall–Kier alpha value is -1.51. The molecule has 0 saturated carbocycles. The third-order valence-electron chi connectivity index (χ3n) is 2.72. The molecule has 0 aliphatic heterocycles. The zero-order chi connectivity index (χ0) is 13.1. The summed E-state index contributed by atoms with van der Waals surface area (Å²) in [7, 11) is 1.38. The van der Waals surface area contributed by atoms with Gasteiger partial charge in [-0.3, -0.25) is 4.79 Å². The summed E-state index contributed by atoms with van der Waals surface area (Å²) in [5.74, 6) is 0.0595. The summed E-state index contributed by atoms with van der Waals surface area (Å²) >= 11 is 0. The number of rotatable bonds is 3. The van der Waals surface area contributed by atoms with Crippen molar-refractivity contribution in [3.63, 3.8) is 0 Å². The minimum absolute atomic E-state index is 0.0784. The highest BCUT2D eigenvalue weighted by Crippen LogP contribution is 2.31. The van der Waals surface area contributed by atoms with Crippen molar-refractivity contribution in [1.29, 1.82) is 0 Å². The number of hydrogen-bond acceptors (Lipinski definition) is 3. The highest BCUT2D eigenvalue weighted by atomic mass is 16.5. The van der Waals surface area contributed by atoms with Crippen molar-refractivity contribution in [2.24, 2.45) is 0 Å². The summed E-state index contributed by atoms with van der Waals surface area (Å²) in [6.45, 7) is 6.16. The Balaban J connectivity index is 2.79.